The lowest BCUT2D eigenvalue weighted by Crippen LogP contribution is -2.05. The fraction of sp³-hybridized carbons (Fsp3) is 0.778. The molecule has 3 nitrogen and oxygen atoms in total. The van der Waals surface area contributed by atoms with E-state index in [1.54, 1.807) is 0 Å². The van der Waals surface area contributed by atoms with E-state index in [1.165, 1.54) is 0 Å². The summed E-state index contributed by atoms with van der Waals surface area (Å²) in [4.78, 5) is 0. The quantitative estimate of drug-likeness (QED) is 0.750. The third kappa shape index (κ3) is 2.44. The van der Waals surface area contributed by atoms with Gasteiger partial charge in [-0.2, -0.15) is 0 Å². The Bertz CT molecular complexity index is 268. The molecule has 0 aliphatic heterocycles. The van der Waals surface area contributed by atoms with Crippen molar-refractivity contribution in [3.05, 3.63) is 11.1 Å². The van der Waals surface area contributed by atoms with Crippen LogP contribution in [0.15, 0.2) is 0 Å². The zero-order chi connectivity index (χ0) is 9.84. The maximum Gasteiger partial charge on any atom is 0.225 e. The lowest BCUT2D eigenvalue weighted by atomic mass is 10.2. The predicted octanol–water partition coefficient (Wildman–Crippen LogP) is 2.86. The number of halogens is 1. The van der Waals surface area contributed by atoms with Gasteiger partial charge in [0.05, 0.1) is 0 Å². The summed E-state index contributed by atoms with van der Waals surface area (Å²) < 4.78 is 2.00. The van der Waals surface area contributed by atoms with E-state index in [1.807, 2.05) is 4.57 Å². The lowest BCUT2D eigenvalue weighted by Gasteiger charge is -2.08. The average molecular weight is 202 g/mol. The normalized spacial score (nSPS) is 11.2. The molecular formula is C9H16ClN3. The minimum atomic E-state index is 0.386. The van der Waals surface area contributed by atoms with Gasteiger partial charge in [0.25, 0.3) is 0 Å². The zero-order valence-electron chi connectivity index (χ0n) is 8.42. The van der Waals surface area contributed by atoms with Crippen LogP contribution in [0.1, 0.15) is 45.4 Å². The smallest absolute Gasteiger partial charge is 0.225 e. The summed E-state index contributed by atoms with van der Waals surface area (Å²) in [5.41, 5.74) is 0. The minimum Gasteiger partial charge on any atom is -0.302 e. The molecule has 0 amide bonds. The molecule has 0 aliphatic rings. The van der Waals surface area contributed by atoms with Crippen LogP contribution in [0.25, 0.3) is 0 Å². The van der Waals surface area contributed by atoms with Gasteiger partial charge in [-0.15, -0.1) is 10.2 Å². The van der Waals surface area contributed by atoms with Crippen molar-refractivity contribution in [1.82, 2.24) is 14.8 Å². The van der Waals surface area contributed by atoms with Gasteiger partial charge in [0.2, 0.25) is 5.28 Å². The summed E-state index contributed by atoms with van der Waals surface area (Å²) in [7, 11) is 0. The third-order valence-electron chi connectivity index (χ3n) is 1.99. The van der Waals surface area contributed by atoms with Crippen molar-refractivity contribution in [3.8, 4) is 0 Å². The second-order valence-corrected chi connectivity index (χ2v) is 3.83. The Labute approximate surface area is 84.1 Å². The molecule has 13 heavy (non-hydrogen) atoms. The summed E-state index contributed by atoms with van der Waals surface area (Å²) in [5, 5.41) is 8.43. The summed E-state index contributed by atoms with van der Waals surface area (Å²) in [6.45, 7) is 7.29. The Morgan fingerprint density at radius 2 is 2.08 bits per heavy atom. The highest BCUT2D eigenvalue weighted by Gasteiger charge is 2.12. The lowest BCUT2D eigenvalue weighted by molar-refractivity contribution is 0.583. The van der Waals surface area contributed by atoms with Crippen molar-refractivity contribution in [2.45, 2.75) is 46.1 Å². The van der Waals surface area contributed by atoms with E-state index >= 15 is 0 Å². The molecule has 1 rings (SSSR count). The molecule has 1 aromatic heterocycles. The number of hydrogen-bond acceptors (Lipinski definition) is 2. The van der Waals surface area contributed by atoms with Gasteiger partial charge in [-0.3, -0.25) is 0 Å². The Hall–Kier alpha value is -0.570. The molecule has 0 fully saturated rings. The molecule has 0 radical (unpaired) electrons. The highest BCUT2D eigenvalue weighted by Crippen LogP contribution is 2.17. The summed E-state index contributed by atoms with van der Waals surface area (Å²) >= 11 is 5.91. The van der Waals surface area contributed by atoms with E-state index in [9.17, 15) is 0 Å². The Morgan fingerprint density at radius 1 is 1.38 bits per heavy atom. The number of nitrogens with zero attached hydrogens (tertiary/aromatic N) is 3. The third-order valence-corrected chi connectivity index (χ3v) is 2.27. The van der Waals surface area contributed by atoms with Crippen LogP contribution in [0.2, 0.25) is 5.28 Å². The van der Waals surface area contributed by atoms with Crippen LogP contribution in [0.4, 0.5) is 0 Å². The molecule has 0 saturated heterocycles. The molecule has 4 heteroatoms. The van der Waals surface area contributed by atoms with Crippen molar-refractivity contribution in [2.75, 3.05) is 0 Å². The van der Waals surface area contributed by atoms with Gasteiger partial charge in [-0.05, 0) is 18.0 Å². The largest absolute Gasteiger partial charge is 0.302 e. The molecule has 0 spiro atoms. The second kappa shape index (κ2) is 4.61. The van der Waals surface area contributed by atoms with Gasteiger partial charge in [0.1, 0.15) is 5.82 Å². The molecule has 0 N–H and O–H groups in total. The van der Waals surface area contributed by atoms with Crippen LogP contribution in [-0.2, 0) is 6.54 Å². The molecule has 0 aromatic carbocycles. The van der Waals surface area contributed by atoms with Crippen LogP contribution < -0.4 is 0 Å². The van der Waals surface area contributed by atoms with Gasteiger partial charge in [-0.1, -0.05) is 27.2 Å². The first-order valence-electron chi connectivity index (χ1n) is 4.75. The summed E-state index contributed by atoms with van der Waals surface area (Å²) in [6, 6.07) is 0. The van der Waals surface area contributed by atoms with Crippen LogP contribution in [0.3, 0.4) is 0 Å². The first kappa shape index (κ1) is 10.5. The van der Waals surface area contributed by atoms with E-state index in [-0.39, 0.29) is 0 Å². The van der Waals surface area contributed by atoms with E-state index in [0.717, 1.165) is 25.2 Å². The van der Waals surface area contributed by atoms with Gasteiger partial charge in [-0.25, -0.2) is 0 Å². The number of rotatable bonds is 4. The van der Waals surface area contributed by atoms with Crippen LogP contribution in [0.5, 0.6) is 0 Å². The van der Waals surface area contributed by atoms with Crippen molar-refractivity contribution in [1.29, 1.82) is 0 Å². The zero-order valence-corrected chi connectivity index (χ0v) is 9.17. The van der Waals surface area contributed by atoms with Gasteiger partial charge >= 0.3 is 0 Å². The first-order valence-corrected chi connectivity index (χ1v) is 5.13. The number of unbranched alkanes of at least 4 members (excludes halogenated alkanes) is 1. The van der Waals surface area contributed by atoms with Gasteiger partial charge in [0.15, 0.2) is 0 Å². The van der Waals surface area contributed by atoms with E-state index in [0.29, 0.717) is 11.2 Å². The predicted molar refractivity (Wildman–Crippen MR) is 54.0 cm³/mol. The summed E-state index contributed by atoms with van der Waals surface area (Å²) in [6.07, 6.45) is 2.28. The highest BCUT2D eigenvalue weighted by atomic mass is 35.5. The molecule has 0 unspecified atom stereocenters. The van der Waals surface area contributed by atoms with Gasteiger partial charge in [0, 0.05) is 12.5 Å². The van der Waals surface area contributed by atoms with Crippen molar-refractivity contribution >= 4 is 11.6 Å². The van der Waals surface area contributed by atoms with Crippen LogP contribution in [0, 0.1) is 0 Å². The minimum absolute atomic E-state index is 0.386. The monoisotopic (exact) mass is 201 g/mol. The van der Waals surface area contributed by atoms with Crippen molar-refractivity contribution < 1.29 is 0 Å². The fourth-order valence-corrected chi connectivity index (χ4v) is 1.45. The van der Waals surface area contributed by atoms with Crippen LogP contribution in [-0.4, -0.2) is 14.8 Å². The van der Waals surface area contributed by atoms with Gasteiger partial charge < -0.3 is 4.57 Å². The van der Waals surface area contributed by atoms with Crippen molar-refractivity contribution in [3.63, 3.8) is 0 Å². The highest BCUT2D eigenvalue weighted by molar-refractivity contribution is 6.28. The first-order chi connectivity index (χ1) is 6.16. The molecule has 0 bridgehead atoms. The molecule has 0 saturated carbocycles. The molecule has 1 heterocycles. The van der Waals surface area contributed by atoms with Crippen molar-refractivity contribution in [2.24, 2.45) is 0 Å². The molecule has 74 valence electrons. The standard InChI is InChI=1S/C9H16ClN3/c1-4-5-6-13-8(7(2)3)11-12-9(13)10/h7H,4-6H2,1-3H3. The Kier molecular flexibility index (Phi) is 3.72. The number of hydrogen-bond donors (Lipinski definition) is 0. The van der Waals surface area contributed by atoms with E-state index in [2.05, 4.69) is 31.0 Å². The molecule has 1 aromatic rings. The number of aromatic nitrogens is 3. The maximum absolute atomic E-state index is 5.91. The SMILES string of the molecule is CCCCn1c(Cl)nnc1C(C)C. The Balaban J connectivity index is 2.82. The van der Waals surface area contributed by atoms with Crippen LogP contribution >= 0.6 is 11.6 Å². The molecule has 0 atom stereocenters. The molecule has 0 aliphatic carbocycles. The fourth-order valence-electron chi connectivity index (χ4n) is 1.25. The molecular weight excluding hydrogens is 186 g/mol. The van der Waals surface area contributed by atoms with E-state index < -0.39 is 0 Å². The van der Waals surface area contributed by atoms with E-state index in [4.69, 9.17) is 11.6 Å². The Morgan fingerprint density at radius 3 is 2.62 bits per heavy atom. The summed E-state index contributed by atoms with van der Waals surface area (Å²) in [5.74, 6) is 1.37. The maximum atomic E-state index is 5.91. The average Bonchev–Trinajstić information content (AvgIpc) is 2.43. The second-order valence-electron chi connectivity index (χ2n) is 3.49. The topological polar surface area (TPSA) is 30.7 Å².